The molecule has 0 aliphatic carbocycles. The van der Waals surface area contributed by atoms with Crippen LogP contribution in [0.5, 0.6) is 5.75 Å². The van der Waals surface area contributed by atoms with Crippen molar-refractivity contribution in [2.45, 2.75) is 13.3 Å². The molecule has 0 amide bonds. The molecule has 1 aromatic rings. The Balaban J connectivity index is 3.09. The number of rotatable bonds is 3. The second kappa shape index (κ2) is 4.91. The largest absolute Gasteiger partial charge is 0.573 e. The summed E-state index contributed by atoms with van der Waals surface area (Å²) in [6.07, 6.45) is -3.12. The zero-order valence-electron chi connectivity index (χ0n) is 8.44. The maximum Gasteiger partial charge on any atom is 0.573 e. The number of allylic oxidation sites excluding steroid dienone is 1. The maximum atomic E-state index is 12.1. The number of hydrogen-bond donors (Lipinski definition) is 0. The van der Waals surface area contributed by atoms with Gasteiger partial charge < -0.3 is 4.74 Å². The zero-order chi connectivity index (χ0) is 12.3. The summed E-state index contributed by atoms with van der Waals surface area (Å²) in [5.74, 6) is 0.505. The molecule has 1 radical (unpaired) electrons. The Morgan fingerprint density at radius 3 is 2.56 bits per heavy atom. The van der Waals surface area contributed by atoms with Crippen LogP contribution in [0.3, 0.4) is 0 Å². The van der Waals surface area contributed by atoms with E-state index in [4.69, 9.17) is 0 Å². The number of halogens is 4. The molecule has 16 heavy (non-hydrogen) atoms. The fraction of sp³-hybridized carbons (Fsp3) is 0.182. The van der Waals surface area contributed by atoms with Crippen LogP contribution in [0.1, 0.15) is 12.5 Å². The third kappa shape index (κ3) is 3.27. The fourth-order valence-electron chi connectivity index (χ4n) is 1.13. The second-order valence-corrected chi connectivity index (χ2v) is 3.85. The molecule has 0 aliphatic rings. The van der Waals surface area contributed by atoms with Crippen molar-refractivity contribution in [2.24, 2.45) is 0 Å². The standard InChI is InChI=1S/C11H9BrF3O/c1-3-7(2)8-5-4-6-9(10(8)12)16-11(13,14)15/h3-6H,1H2,2H3. The average Bonchev–Trinajstić information content (AvgIpc) is 2.18. The molecule has 0 aromatic heterocycles. The lowest BCUT2D eigenvalue weighted by Gasteiger charge is -2.14. The Morgan fingerprint density at radius 1 is 1.44 bits per heavy atom. The van der Waals surface area contributed by atoms with Crippen molar-refractivity contribution in [3.05, 3.63) is 46.8 Å². The van der Waals surface area contributed by atoms with Gasteiger partial charge in [0.15, 0.2) is 0 Å². The Bertz CT molecular complexity index is 387. The third-order valence-electron chi connectivity index (χ3n) is 1.92. The normalized spacial score (nSPS) is 11.6. The third-order valence-corrected chi connectivity index (χ3v) is 2.74. The van der Waals surface area contributed by atoms with E-state index in [2.05, 4.69) is 27.2 Å². The van der Waals surface area contributed by atoms with E-state index in [1.807, 2.05) is 0 Å². The van der Waals surface area contributed by atoms with Crippen LogP contribution in [0.2, 0.25) is 0 Å². The van der Waals surface area contributed by atoms with Gasteiger partial charge in [-0.25, -0.2) is 0 Å². The fourth-order valence-corrected chi connectivity index (χ4v) is 1.79. The molecule has 0 N–H and O–H groups in total. The van der Waals surface area contributed by atoms with Crippen LogP contribution in [0.4, 0.5) is 13.2 Å². The highest BCUT2D eigenvalue weighted by Crippen LogP contribution is 2.35. The maximum absolute atomic E-state index is 12.1. The van der Waals surface area contributed by atoms with Crippen molar-refractivity contribution in [3.63, 3.8) is 0 Å². The topological polar surface area (TPSA) is 9.23 Å². The summed E-state index contributed by atoms with van der Waals surface area (Å²) in [5, 5.41) is 0. The summed E-state index contributed by atoms with van der Waals surface area (Å²) >= 11 is 3.08. The monoisotopic (exact) mass is 293 g/mol. The van der Waals surface area contributed by atoms with E-state index in [-0.39, 0.29) is 10.2 Å². The summed E-state index contributed by atoms with van der Waals surface area (Å²) in [6.45, 7) is 5.32. The van der Waals surface area contributed by atoms with E-state index in [9.17, 15) is 13.2 Å². The molecule has 0 aliphatic heterocycles. The van der Waals surface area contributed by atoms with Crippen molar-refractivity contribution in [2.75, 3.05) is 0 Å². The summed E-state index contributed by atoms with van der Waals surface area (Å²) in [4.78, 5) is 0. The molecule has 0 fully saturated rings. The van der Waals surface area contributed by atoms with Crippen LogP contribution < -0.4 is 4.74 Å². The summed E-state index contributed by atoms with van der Waals surface area (Å²) in [5.41, 5.74) is 0.622. The van der Waals surface area contributed by atoms with Gasteiger partial charge in [-0.2, -0.15) is 0 Å². The SMILES string of the molecule is C=C[C](C)c1cccc(OC(F)(F)F)c1Br. The van der Waals surface area contributed by atoms with Crippen LogP contribution in [-0.4, -0.2) is 6.36 Å². The minimum Gasteiger partial charge on any atom is -0.405 e. The van der Waals surface area contributed by atoms with E-state index in [0.717, 1.165) is 5.92 Å². The number of ether oxygens (including phenoxy) is 1. The lowest BCUT2D eigenvalue weighted by atomic mass is 10.0. The van der Waals surface area contributed by atoms with Gasteiger partial charge in [0, 0.05) is 5.92 Å². The Kier molecular flexibility index (Phi) is 4.02. The van der Waals surface area contributed by atoms with Gasteiger partial charge in [-0.05, 0) is 27.6 Å². The summed E-state index contributed by atoms with van der Waals surface area (Å²) in [6, 6.07) is 4.43. The van der Waals surface area contributed by atoms with Crippen molar-refractivity contribution in [1.29, 1.82) is 0 Å². The highest BCUT2D eigenvalue weighted by molar-refractivity contribution is 9.10. The number of benzene rings is 1. The molecule has 1 nitrogen and oxygen atoms in total. The van der Waals surface area contributed by atoms with Crippen LogP contribution in [0, 0.1) is 5.92 Å². The van der Waals surface area contributed by atoms with Gasteiger partial charge in [0.2, 0.25) is 0 Å². The highest BCUT2D eigenvalue weighted by Gasteiger charge is 2.32. The van der Waals surface area contributed by atoms with Gasteiger partial charge in [-0.1, -0.05) is 25.1 Å². The smallest absolute Gasteiger partial charge is 0.405 e. The molecule has 0 spiro atoms. The first-order valence-corrected chi connectivity index (χ1v) is 5.15. The van der Waals surface area contributed by atoms with Crippen molar-refractivity contribution < 1.29 is 17.9 Å². The molecular weight excluding hydrogens is 285 g/mol. The molecule has 0 saturated heterocycles. The number of hydrogen-bond acceptors (Lipinski definition) is 1. The van der Waals surface area contributed by atoms with Gasteiger partial charge in [-0.3, -0.25) is 0 Å². The molecule has 87 valence electrons. The molecule has 0 bridgehead atoms. The van der Waals surface area contributed by atoms with E-state index in [1.54, 1.807) is 19.1 Å². The quantitative estimate of drug-likeness (QED) is 0.799. The first-order chi connectivity index (χ1) is 7.35. The molecular formula is C11H9BrF3O. The average molecular weight is 294 g/mol. The summed E-state index contributed by atoms with van der Waals surface area (Å²) < 4.78 is 40.3. The number of alkyl halides is 3. The van der Waals surface area contributed by atoms with Crippen LogP contribution >= 0.6 is 15.9 Å². The van der Waals surface area contributed by atoms with E-state index in [1.165, 1.54) is 12.1 Å². The minimum absolute atomic E-state index is 0.258. The molecule has 0 saturated carbocycles. The molecule has 0 unspecified atom stereocenters. The summed E-state index contributed by atoms with van der Waals surface area (Å²) in [7, 11) is 0. The second-order valence-electron chi connectivity index (χ2n) is 3.05. The van der Waals surface area contributed by atoms with Gasteiger partial charge in [0.1, 0.15) is 5.75 Å². The first kappa shape index (κ1) is 13.1. The lowest BCUT2D eigenvalue weighted by molar-refractivity contribution is -0.274. The van der Waals surface area contributed by atoms with Crippen LogP contribution in [0.25, 0.3) is 0 Å². The van der Waals surface area contributed by atoms with Crippen molar-refractivity contribution >= 4 is 15.9 Å². The predicted octanol–water partition coefficient (Wildman–Crippen LogP) is 4.48. The van der Waals surface area contributed by atoms with E-state index in [0.29, 0.717) is 5.56 Å². The van der Waals surface area contributed by atoms with Crippen LogP contribution in [-0.2, 0) is 0 Å². The molecule has 1 aromatic carbocycles. The van der Waals surface area contributed by atoms with Crippen molar-refractivity contribution in [1.82, 2.24) is 0 Å². The van der Waals surface area contributed by atoms with Gasteiger partial charge >= 0.3 is 6.36 Å². The predicted molar refractivity (Wildman–Crippen MR) is 59.0 cm³/mol. The van der Waals surface area contributed by atoms with Gasteiger partial charge in [0.25, 0.3) is 0 Å². The Labute approximate surface area is 100 Å². The zero-order valence-corrected chi connectivity index (χ0v) is 10.0. The van der Waals surface area contributed by atoms with E-state index >= 15 is 0 Å². The van der Waals surface area contributed by atoms with Crippen molar-refractivity contribution in [3.8, 4) is 5.75 Å². The molecule has 1 rings (SSSR count). The first-order valence-electron chi connectivity index (χ1n) is 4.36. The lowest BCUT2D eigenvalue weighted by Crippen LogP contribution is -2.17. The molecule has 5 heteroatoms. The Hall–Kier alpha value is -0.970. The highest BCUT2D eigenvalue weighted by atomic mass is 79.9. The van der Waals surface area contributed by atoms with Gasteiger partial charge in [0.05, 0.1) is 4.47 Å². The van der Waals surface area contributed by atoms with Crippen LogP contribution in [0.15, 0.2) is 35.3 Å². The molecule has 0 atom stereocenters. The minimum atomic E-state index is -4.69. The Morgan fingerprint density at radius 2 is 2.06 bits per heavy atom. The van der Waals surface area contributed by atoms with E-state index < -0.39 is 6.36 Å². The van der Waals surface area contributed by atoms with Gasteiger partial charge in [-0.15, -0.1) is 19.8 Å². The molecule has 0 heterocycles.